The minimum atomic E-state index is -0.0268. The predicted octanol–water partition coefficient (Wildman–Crippen LogP) is 3.16. The normalized spacial score (nSPS) is 11.9. The second-order valence-electron chi connectivity index (χ2n) is 4.78. The van der Waals surface area contributed by atoms with Crippen molar-refractivity contribution in [1.82, 2.24) is 0 Å². The first-order valence-electron chi connectivity index (χ1n) is 6.67. The largest absolute Gasteiger partial charge is 0.497 e. The molecule has 106 valence electrons. The quantitative estimate of drug-likeness (QED) is 0.878. The van der Waals surface area contributed by atoms with E-state index >= 15 is 0 Å². The van der Waals surface area contributed by atoms with Crippen LogP contribution in [0, 0.1) is 6.92 Å². The maximum absolute atomic E-state index is 9.54. The molecule has 0 aliphatic carbocycles. The van der Waals surface area contributed by atoms with Crippen LogP contribution in [0.15, 0.2) is 48.5 Å². The van der Waals surface area contributed by atoms with Gasteiger partial charge in [-0.15, -0.1) is 0 Å². The van der Waals surface area contributed by atoms with E-state index in [2.05, 4.69) is 6.07 Å². The monoisotopic (exact) mass is 272 g/mol. The van der Waals surface area contributed by atoms with Crippen molar-refractivity contribution < 1.29 is 14.6 Å². The Morgan fingerprint density at radius 1 is 1.05 bits per heavy atom. The van der Waals surface area contributed by atoms with Gasteiger partial charge in [-0.25, -0.2) is 0 Å². The highest BCUT2D eigenvalue weighted by Gasteiger charge is 2.11. The summed E-state index contributed by atoms with van der Waals surface area (Å²) >= 11 is 0. The highest BCUT2D eigenvalue weighted by Crippen LogP contribution is 2.22. The average Bonchev–Trinajstić information content (AvgIpc) is 2.48. The Kier molecular flexibility index (Phi) is 5.02. The molecule has 1 N–H and O–H groups in total. The summed E-state index contributed by atoms with van der Waals surface area (Å²) in [5.41, 5.74) is 2.28. The first-order chi connectivity index (χ1) is 9.72. The fraction of sp³-hybridized carbons (Fsp3) is 0.294. The van der Waals surface area contributed by atoms with Gasteiger partial charge in [-0.05, 0) is 24.6 Å². The minimum Gasteiger partial charge on any atom is -0.497 e. The molecule has 0 aliphatic rings. The third-order valence-corrected chi connectivity index (χ3v) is 3.23. The topological polar surface area (TPSA) is 38.7 Å². The van der Waals surface area contributed by atoms with Crippen LogP contribution in [0.3, 0.4) is 0 Å². The molecule has 1 unspecified atom stereocenters. The van der Waals surface area contributed by atoms with Crippen LogP contribution in [0.5, 0.6) is 11.5 Å². The fourth-order valence-corrected chi connectivity index (χ4v) is 2.07. The standard InChI is InChI=1S/C17H20O3/c1-13-5-3-6-14(9-13)15(11-18)12-20-17-8-4-7-16(10-17)19-2/h3-10,15,18H,11-12H2,1-2H3. The van der Waals surface area contributed by atoms with Crippen LogP contribution in [0.25, 0.3) is 0 Å². The van der Waals surface area contributed by atoms with E-state index in [0.717, 1.165) is 17.1 Å². The number of hydrogen-bond donors (Lipinski definition) is 1. The zero-order chi connectivity index (χ0) is 14.4. The van der Waals surface area contributed by atoms with Crippen molar-refractivity contribution in [3.63, 3.8) is 0 Å². The number of aliphatic hydroxyl groups excluding tert-OH is 1. The average molecular weight is 272 g/mol. The zero-order valence-corrected chi connectivity index (χ0v) is 11.9. The molecule has 2 rings (SSSR count). The van der Waals surface area contributed by atoms with Crippen molar-refractivity contribution in [2.45, 2.75) is 12.8 Å². The summed E-state index contributed by atoms with van der Waals surface area (Å²) in [4.78, 5) is 0. The first-order valence-corrected chi connectivity index (χ1v) is 6.67. The van der Waals surface area contributed by atoms with Gasteiger partial charge >= 0.3 is 0 Å². The Morgan fingerprint density at radius 3 is 2.50 bits per heavy atom. The molecule has 0 saturated heterocycles. The number of hydrogen-bond acceptors (Lipinski definition) is 3. The van der Waals surface area contributed by atoms with Crippen LogP contribution in [0.4, 0.5) is 0 Å². The third-order valence-electron chi connectivity index (χ3n) is 3.23. The van der Waals surface area contributed by atoms with Crippen molar-refractivity contribution in [3.8, 4) is 11.5 Å². The second-order valence-corrected chi connectivity index (χ2v) is 4.78. The van der Waals surface area contributed by atoms with Gasteiger partial charge in [0, 0.05) is 12.0 Å². The lowest BCUT2D eigenvalue weighted by atomic mass is 9.99. The van der Waals surface area contributed by atoms with Gasteiger partial charge in [0.1, 0.15) is 11.5 Å². The highest BCUT2D eigenvalue weighted by molar-refractivity contribution is 5.33. The Morgan fingerprint density at radius 2 is 1.80 bits per heavy atom. The molecule has 0 heterocycles. The molecule has 3 nitrogen and oxygen atoms in total. The molecule has 0 spiro atoms. The lowest BCUT2D eigenvalue weighted by Crippen LogP contribution is -2.14. The summed E-state index contributed by atoms with van der Waals surface area (Å²) in [5, 5.41) is 9.54. The lowest BCUT2D eigenvalue weighted by Gasteiger charge is -2.16. The maximum Gasteiger partial charge on any atom is 0.123 e. The molecule has 2 aromatic rings. The molecule has 0 amide bonds. The van der Waals surface area contributed by atoms with Crippen LogP contribution in [-0.4, -0.2) is 25.4 Å². The summed E-state index contributed by atoms with van der Waals surface area (Å²) < 4.78 is 10.9. The molecular weight excluding hydrogens is 252 g/mol. The van der Waals surface area contributed by atoms with Crippen molar-refractivity contribution >= 4 is 0 Å². The molecule has 3 heteroatoms. The van der Waals surface area contributed by atoms with Gasteiger partial charge < -0.3 is 14.6 Å². The number of aliphatic hydroxyl groups is 1. The molecule has 0 bridgehead atoms. The van der Waals surface area contributed by atoms with E-state index < -0.39 is 0 Å². The fourth-order valence-electron chi connectivity index (χ4n) is 2.07. The number of rotatable bonds is 6. The Labute approximate surface area is 119 Å². The van der Waals surface area contributed by atoms with Gasteiger partial charge in [-0.1, -0.05) is 35.9 Å². The van der Waals surface area contributed by atoms with Gasteiger partial charge in [-0.2, -0.15) is 0 Å². The first kappa shape index (κ1) is 14.4. The Hall–Kier alpha value is -2.00. The number of aryl methyl sites for hydroxylation is 1. The number of methoxy groups -OCH3 is 1. The van der Waals surface area contributed by atoms with E-state index in [1.807, 2.05) is 49.4 Å². The molecule has 0 aliphatic heterocycles. The van der Waals surface area contributed by atoms with Crippen molar-refractivity contribution in [2.24, 2.45) is 0 Å². The van der Waals surface area contributed by atoms with Gasteiger partial charge in [0.15, 0.2) is 0 Å². The number of benzene rings is 2. The van der Waals surface area contributed by atoms with E-state index in [1.54, 1.807) is 7.11 Å². The maximum atomic E-state index is 9.54. The lowest BCUT2D eigenvalue weighted by molar-refractivity contribution is 0.204. The summed E-state index contributed by atoms with van der Waals surface area (Å²) in [6.45, 7) is 2.54. The predicted molar refractivity (Wildman–Crippen MR) is 79.5 cm³/mol. The van der Waals surface area contributed by atoms with Gasteiger partial charge in [0.2, 0.25) is 0 Å². The van der Waals surface area contributed by atoms with E-state index in [-0.39, 0.29) is 12.5 Å². The summed E-state index contributed by atoms with van der Waals surface area (Å²) in [7, 11) is 1.63. The zero-order valence-electron chi connectivity index (χ0n) is 11.9. The summed E-state index contributed by atoms with van der Waals surface area (Å²) in [6, 6.07) is 15.6. The molecule has 0 fully saturated rings. The van der Waals surface area contributed by atoms with Gasteiger partial charge in [0.25, 0.3) is 0 Å². The van der Waals surface area contributed by atoms with Crippen molar-refractivity contribution in [1.29, 1.82) is 0 Å². The van der Waals surface area contributed by atoms with Crippen molar-refractivity contribution in [2.75, 3.05) is 20.3 Å². The van der Waals surface area contributed by atoms with Crippen LogP contribution >= 0.6 is 0 Å². The highest BCUT2D eigenvalue weighted by atomic mass is 16.5. The van der Waals surface area contributed by atoms with E-state index in [1.165, 1.54) is 5.56 Å². The van der Waals surface area contributed by atoms with E-state index in [0.29, 0.717) is 6.61 Å². The molecule has 1 atom stereocenters. The SMILES string of the molecule is COc1cccc(OCC(CO)c2cccc(C)c2)c1. The summed E-state index contributed by atoms with van der Waals surface area (Å²) in [5.74, 6) is 1.48. The smallest absolute Gasteiger partial charge is 0.123 e. The molecule has 0 aromatic heterocycles. The van der Waals surface area contributed by atoms with Crippen LogP contribution in [0.2, 0.25) is 0 Å². The molecule has 20 heavy (non-hydrogen) atoms. The van der Waals surface area contributed by atoms with Crippen LogP contribution < -0.4 is 9.47 Å². The van der Waals surface area contributed by atoms with Crippen LogP contribution in [0.1, 0.15) is 17.0 Å². The van der Waals surface area contributed by atoms with E-state index in [9.17, 15) is 5.11 Å². The summed E-state index contributed by atoms with van der Waals surface area (Å²) in [6.07, 6.45) is 0. The molecule has 0 saturated carbocycles. The van der Waals surface area contributed by atoms with Gasteiger partial charge in [0.05, 0.1) is 20.3 Å². The van der Waals surface area contributed by atoms with Crippen LogP contribution in [-0.2, 0) is 0 Å². The van der Waals surface area contributed by atoms with Gasteiger partial charge in [-0.3, -0.25) is 0 Å². The molecule has 2 aromatic carbocycles. The second kappa shape index (κ2) is 6.96. The Balaban J connectivity index is 2.03. The van der Waals surface area contributed by atoms with E-state index in [4.69, 9.17) is 9.47 Å². The minimum absolute atomic E-state index is 0.0268. The molecular formula is C17H20O3. The molecule has 0 radical (unpaired) electrons. The third kappa shape index (κ3) is 3.75. The Bertz CT molecular complexity index is 551. The van der Waals surface area contributed by atoms with Crippen molar-refractivity contribution in [3.05, 3.63) is 59.7 Å². The number of ether oxygens (including phenoxy) is 2.